The van der Waals surface area contributed by atoms with Gasteiger partial charge in [-0.1, -0.05) is 0 Å². The predicted molar refractivity (Wildman–Crippen MR) is 103 cm³/mol. The van der Waals surface area contributed by atoms with Crippen LogP contribution in [0.2, 0.25) is 8.74 Å². The summed E-state index contributed by atoms with van der Waals surface area (Å²) >= 11 is 6.42. The van der Waals surface area contributed by atoms with Crippen molar-refractivity contribution in [1.29, 1.82) is 0 Å². The number of benzene rings is 3. The topological polar surface area (TPSA) is 17.1 Å². The Morgan fingerprint density at radius 3 is 1.67 bits per heavy atom. The molecule has 3 rings (SSSR count). The molecule has 0 saturated heterocycles. The predicted octanol–water partition coefficient (Wildman–Crippen LogP) is 3.33. The summed E-state index contributed by atoms with van der Waals surface area (Å²) in [4.78, 5) is 13.1. The number of carbonyl (C=O) groups excluding carboxylic acids is 1. The van der Waals surface area contributed by atoms with Crippen LogP contribution in [0.1, 0.15) is 10.4 Å². The molecule has 24 heavy (non-hydrogen) atoms. The second-order valence-corrected chi connectivity index (χ2v) is 11.9. The molecule has 0 aliphatic rings. The van der Waals surface area contributed by atoms with Gasteiger partial charge in [0.2, 0.25) is 0 Å². The van der Waals surface area contributed by atoms with Gasteiger partial charge in [0.15, 0.2) is 0 Å². The molecule has 0 unspecified atom stereocenters. The van der Waals surface area contributed by atoms with Crippen LogP contribution in [0, 0.1) is 0 Å². The van der Waals surface area contributed by atoms with E-state index in [2.05, 4.69) is 24.3 Å². The number of hydrogen-bond donors (Lipinski definition) is 0. The zero-order valence-electron chi connectivity index (χ0n) is 12.8. The summed E-state index contributed by atoms with van der Waals surface area (Å²) in [5.41, 5.74) is 0.639. The fourth-order valence-electron chi connectivity index (χ4n) is 2.16. The van der Waals surface area contributed by atoms with E-state index in [9.17, 15) is 4.79 Å². The zero-order valence-corrected chi connectivity index (χ0v) is 16.9. The van der Waals surface area contributed by atoms with E-state index in [-0.39, 0.29) is 39.4 Å². The van der Waals surface area contributed by atoms with Crippen LogP contribution in [-0.4, -0.2) is 35.7 Å². The quantitative estimate of drug-likeness (QED) is 0.404. The van der Waals surface area contributed by atoms with Gasteiger partial charge in [-0.2, -0.15) is 0 Å². The van der Waals surface area contributed by atoms with Gasteiger partial charge in [-0.05, 0) is 0 Å². The first kappa shape index (κ1) is 17.5. The van der Waals surface area contributed by atoms with Gasteiger partial charge in [0.25, 0.3) is 0 Å². The first-order chi connectivity index (χ1) is 11.7. The van der Waals surface area contributed by atoms with Gasteiger partial charge in [0.1, 0.15) is 0 Å². The molecule has 0 fully saturated rings. The summed E-state index contributed by atoms with van der Waals surface area (Å²) in [7, 11) is 0. The van der Waals surface area contributed by atoms with Gasteiger partial charge in [-0.15, -0.1) is 0 Å². The zero-order chi connectivity index (χ0) is 16.8. The molecule has 3 aromatic carbocycles. The van der Waals surface area contributed by atoms with Crippen LogP contribution in [0.15, 0.2) is 84.9 Å². The number of hydrogen-bond acceptors (Lipinski definition) is 1. The number of Topliss-reactive ketones (excluding diaryl/α,β-unsaturated/α-hetero) is 1. The minimum atomic E-state index is -0.00491. The van der Waals surface area contributed by atoms with Crippen LogP contribution in [0.5, 0.6) is 0 Å². The fourth-order valence-corrected chi connectivity index (χ4v) is 8.78. The molecular weight excluding hydrogens is 450 g/mol. The Morgan fingerprint density at radius 1 is 0.708 bits per heavy atom. The molecule has 0 radical (unpaired) electrons. The molecule has 120 valence electrons. The third-order valence-electron chi connectivity index (χ3n) is 3.33. The molecule has 3 aromatic rings. The Bertz CT molecular complexity index is 765. The van der Waals surface area contributed by atoms with Crippen molar-refractivity contribution in [2.24, 2.45) is 0 Å². The summed E-state index contributed by atoms with van der Waals surface area (Å²) in [6.45, 7) is 0. The van der Waals surface area contributed by atoms with Crippen LogP contribution in [0.4, 0.5) is 0 Å². The van der Waals surface area contributed by atoms with Crippen LogP contribution in [-0.2, 0) is 0 Å². The standard InChI is InChI=1S/C20H15ClOSe2/c21-18-14-8-7-13-17(18)19(22)20(23-15-9-3-1-4-10-15)24-16-11-5-2-6-12-16/h1-14,20H. The Kier molecular flexibility index (Phi) is 6.31. The maximum atomic E-state index is 13.1. The molecule has 0 N–H and O–H groups in total. The summed E-state index contributed by atoms with van der Waals surface area (Å²) in [5, 5.41) is 0.542. The third kappa shape index (κ3) is 4.60. The molecule has 4 heteroatoms. The first-order valence-electron chi connectivity index (χ1n) is 7.46. The van der Waals surface area contributed by atoms with Gasteiger partial charge in [0, 0.05) is 0 Å². The second kappa shape index (κ2) is 8.67. The molecule has 0 spiro atoms. The normalized spacial score (nSPS) is 10.8. The van der Waals surface area contributed by atoms with Crippen molar-refractivity contribution < 1.29 is 4.79 Å². The van der Waals surface area contributed by atoms with Crippen LogP contribution < -0.4 is 8.92 Å². The van der Waals surface area contributed by atoms with Crippen LogP contribution in [0.25, 0.3) is 0 Å². The van der Waals surface area contributed by atoms with Crippen molar-refractivity contribution in [1.82, 2.24) is 0 Å². The first-order valence-corrected chi connectivity index (χ1v) is 11.5. The van der Waals surface area contributed by atoms with Gasteiger partial charge < -0.3 is 0 Å². The number of ketones is 1. The maximum absolute atomic E-state index is 13.1. The van der Waals surface area contributed by atoms with E-state index in [1.807, 2.05) is 54.6 Å². The van der Waals surface area contributed by atoms with E-state index >= 15 is 0 Å². The van der Waals surface area contributed by atoms with E-state index < -0.39 is 0 Å². The molecule has 1 nitrogen and oxygen atoms in total. The number of carbonyl (C=O) groups is 1. The van der Waals surface area contributed by atoms with Crippen molar-refractivity contribution in [2.75, 3.05) is 0 Å². The molecule has 0 aliphatic carbocycles. The molecule has 0 amide bonds. The summed E-state index contributed by atoms with van der Waals surface area (Å²) in [6.07, 6.45) is 0. The number of rotatable bonds is 6. The summed E-state index contributed by atoms with van der Waals surface area (Å²) in [5.74, 6) is 0.160. The third-order valence-corrected chi connectivity index (χ3v) is 9.83. The van der Waals surface area contributed by atoms with E-state index in [0.717, 1.165) is 0 Å². The Balaban J connectivity index is 1.89. The van der Waals surface area contributed by atoms with E-state index in [1.165, 1.54) is 8.92 Å². The number of halogens is 1. The molecular formula is C20H15ClOSe2. The van der Waals surface area contributed by atoms with Crippen molar-refractivity contribution in [3.63, 3.8) is 0 Å². The van der Waals surface area contributed by atoms with E-state index in [4.69, 9.17) is 11.6 Å². The van der Waals surface area contributed by atoms with Gasteiger partial charge in [0.05, 0.1) is 0 Å². The molecule has 0 bridgehead atoms. The average Bonchev–Trinajstić information content (AvgIpc) is 2.63. The summed E-state index contributed by atoms with van der Waals surface area (Å²) in [6, 6.07) is 27.9. The Hall–Kier alpha value is -1.34. The van der Waals surface area contributed by atoms with Crippen LogP contribution >= 0.6 is 11.6 Å². The van der Waals surface area contributed by atoms with Crippen LogP contribution in [0.3, 0.4) is 0 Å². The Labute approximate surface area is 159 Å². The van der Waals surface area contributed by atoms with Gasteiger partial charge >= 0.3 is 160 Å². The Morgan fingerprint density at radius 2 is 1.17 bits per heavy atom. The van der Waals surface area contributed by atoms with Crippen molar-refractivity contribution in [3.05, 3.63) is 95.5 Å². The monoisotopic (exact) mass is 466 g/mol. The van der Waals surface area contributed by atoms with Gasteiger partial charge in [-0.3, -0.25) is 0 Å². The fraction of sp³-hybridized carbons (Fsp3) is 0.0500. The van der Waals surface area contributed by atoms with Crippen molar-refractivity contribution in [2.45, 2.75) is 3.71 Å². The molecule has 0 saturated carbocycles. The SMILES string of the molecule is O=C(c1ccccc1Cl)C([Se]c1ccccc1)[Se]c1ccccc1. The van der Waals surface area contributed by atoms with Gasteiger partial charge in [-0.25, -0.2) is 0 Å². The van der Waals surface area contributed by atoms with Crippen molar-refractivity contribution in [3.8, 4) is 0 Å². The van der Waals surface area contributed by atoms with Crippen molar-refractivity contribution >= 4 is 56.2 Å². The second-order valence-electron chi connectivity index (χ2n) is 5.04. The molecule has 0 atom stereocenters. The van der Waals surface area contributed by atoms with E-state index in [1.54, 1.807) is 6.07 Å². The molecule has 0 aromatic heterocycles. The average molecular weight is 465 g/mol. The summed E-state index contributed by atoms with van der Waals surface area (Å²) < 4.78 is 2.48. The minimum absolute atomic E-state index is 0.00491. The molecule has 0 heterocycles. The van der Waals surface area contributed by atoms with E-state index in [0.29, 0.717) is 10.6 Å². The molecule has 0 aliphatic heterocycles.